The maximum absolute atomic E-state index is 12.2. The maximum atomic E-state index is 12.2. The first-order valence-corrected chi connectivity index (χ1v) is 8.86. The fourth-order valence-electron chi connectivity index (χ4n) is 2.81. The molecule has 0 spiro atoms. The minimum atomic E-state index is -0.468. The fraction of sp³-hybridized carbons (Fsp3) is 0.556. The molecule has 3 rings (SSSR count). The Labute approximate surface area is 153 Å². The van der Waals surface area contributed by atoms with Crippen molar-refractivity contribution >= 4 is 6.09 Å². The molecular weight excluding hydrogens is 332 g/mol. The average Bonchev–Trinajstić information content (AvgIpc) is 3.03. The van der Waals surface area contributed by atoms with E-state index in [1.54, 1.807) is 9.58 Å². The summed E-state index contributed by atoms with van der Waals surface area (Å²) in [5.74, 6) is 0.791. The van der Waals surface area contributed by atoms with Crippen LogP contribution in [0.4, 0.5) is 4.79 Å². The molecule has 8 heteroatoms. The number of aromatic nitrogens is 4. The number of carbonyl (C=O) groups is 1. The molecule has 1 aliphatic heterocycles. The molecule has 26 heavy (non-hydrogen) atoms. The van der Waals surface area contributed by atoms with Gasteiger partial charge in [0.15, 0.2) is 5.82 Å². The Morgan fingerprint density at radius 3 is 2.38 bits per heavy atom. The first-order chi connectivity index (χ1) is 12.3. The van der Waals surface area contributed by atoms with Crippen LogP contribution in [0.3, 0.4) is 0 Å². The number of aryl methyl sites for hydroxylation is 1. The monoisotopic (exact) mass is 358 g/mol. The van der Waals surface area contributed by atoms with Crippen molar-refractivity contribution in [3.05, 3.63) is 35.7 Å². The second-order valence-electron chi connectivity index (χ2n) is 7.59. The highest BCUT2D eigenvalue weighted by Gasteiger charge is 2.26. The van der Waals surface area contributed by atoms with Gasteiger partial charge in [-0.1, -0.05) is 17.7 Å². The van der Waals surface area contributed by atoms with Crippen LogP contribution in [0, 0.1) is 6.92 Å². The summed E-state index contributed by atoms with van der Waals surface area (Å²) < 4.78 is 7.20. The minimum absolute atomic E-state index is 0.248. The highest BCUT2D eigenvalue weighted by molar-refractivity contribution is 5.68. The molecule has 1 aromatic heterocycles. The maximum Gasteiger partial charge on any atom is 0.410 e. The number of hydrogen-bond acceptors (Lipinski definition) is 6. The Morgan fingerprint density at radius 1 is 1.12 bits per heavy atom. The van der Waals surface area contributed by atoms with Gasteiger partial charge in [0, 0.05) is 26.2 Å². The van der Waals surface area contributed by atoms with E-state index in [-0.39, 0.29) is 6.09 Å². The Kier molecular flexibility index (Phi) is 5.22. The van der Waals surface area contributed by atoms with E-state index in [4.69, 9.17) is 4.74 Å². The lowest BCUT2D eigenvalue weighted by Crippen LogP contribution is -2.49. The predicted molar refractivity (Wildman–Crippen MR) is 97.0 cm³/mol. The molecule has 0 aliphatic carbocycles. The van der Waals surface area contributed by atoms with E-state index in [1.807, 2.05) is 45.0 Å². The molecule has 0 N–H and O–H groups in total. The fourth-order valence-corrected chi connectivity index (χ4v) is 2.81. The van der Waals surface area contributed by atoms with Crippen molar-refractivity contribution in [1.82, 2.24) is 30.0 Å². The Hall–Kier alpha value is -2.48. The van der Waals surface area contributed by atoms with Gasteiger partial charge < -0.3 is 9.64 Å². The van der Waals surface area contributed by atoms with Gasteiger partial charge in [0.25, 0.3) is 0 Å². The molecule has 8 nitrogen and oxygen atoms in total. The van der Waals surface area contributed by atoms with E-state index in [0.717, 1.165) is 24.6 Å². The molecule has 0 saturated carbocycles. The lowest BCUT2D eigenvalue weighted by Gasteiger charge is -2.35. The van der Waals surface area contributed by atoms with Crippen molar-refractivity contribution in [2.24, 2.45) is 0 Å². The first-order valence-electron chi connectivity index (χ1n) is 8.86. The second kappa shape index (κ2) is 7.41. The second-order valence-corrected chi connectivity index (χ2v) is 7.59. The summed E-state index contributed by atoms with van der Waals surface area (Å²) in [6.45, 7) is 11.1. The van der Waals surface area contributed by atoms with Crippen LogP contribution in [0.15, 0.2) is 24.3 Å². The molecule has 0 unspecified atom stereocenters. The van der Waals surface area contributed by atoms with Crippen molar-refractivity contribution in [2.75, 3.05) is 26.2 Å². The Balaban J connectivity index is 1.58. The Morgan fingerprint density at radius 2 is 1.77 bits per heavy atom. The third-order valence-electron chi connectivity index (χ3n) is 4.20. The number of piperazine rings is 1. The van der Waals surface area contributed by atoms with E-state index < -0.39 is 5.60 Å². The summed E-state index contributed by atoms with van der Waals surface area (Å²) in [5, 5.41) is 12.1. The van der Waals surface area contributed by atoms with E-state index in [2.05, 4.69) is 27.3 Å². The molecular formula is C18H26N6O2. The molecule has 0 atom stereocenters. The van der Waals surface area contributed by atoms with Crippen LogP contribution in [0.25, 0.3) is 5.69 Å². The summed E-state index contributed by atoms with van der Waals surface area (Å²) in [5.41, 5.74) is 1.68. The standard InChI is InChI=1S/C18H26N6O2/c1-14-5-7-15(8-6-14)24-16(19-20-21-24)13-22-9-11-23(12-10-22)17(25)26-18(2,3)4/h5-8H,9-13H2,1-4H3. The number of ether oxygens (including phenoxy) is 1. The number of benzene rings is 1. The number of hydrogen-bond donors (Lipinski definition) is 0. The highest BCUT2D eigenvalue weighted by Crippen LogP contribution is 2.14. The largest absolute Gasteiger partial charge is 0.444 e. The third kappa shape index (κ3) is 4.57. The molecule has 1 amide bonds. The molecule has 1 aromatic carbocycles. The van der Waals surface area contributed by atoms with Crippen LogP contribution in [-0.4, -0.2) is 67.9 Å². The number of tetrazole rings is 1. The molecule has 1 saturated heterocycles. The normalized spacial score (nSPS) is 15.9. The van der Waals surface area contributed by atoms with Crippen LogP contribution in [-0.2, 0) is 11.3 Å². The SMILES string of the molecule is Cc1ccc(-n2nnnc2CN2CCN(C(=O)OC(C)(C)C)CC2)cc1. The highest BCUT2D eigenvalue weighted by atomic mass is 16.6. The van der Waals surface area contributed by atoms with Gasteiger partial charge in [0.1, 0.15) is 5.60 Å². The van der Waals surface area contributed by atoms with Crippen LogP contribution >= 0.6 is 0 Å². The molecule has 2 aromatic rings. The minimum Gasteiger partial charge on any atom is -0.444 e. The van der Waals surface area contributed by atoms with E-state index in [1.165, 1.54) is 5.56 Å². The van der Waals surface area contributed by atoms with Gasteiger partial charge in [-0.25, -0.2) is 4.79 Å². The quantitative estimate of drug-likeness (QED) is 0.835. The van der Waals surface area contributed by atoms with Crippen molar-refractivity contribution in [1.29, 1.82) is 0 Å². The lowest BCUT2D eigenvalue weighted by molar-refractivity contribution is 0.0136. The van der Waals surface area contributed by atoms with Gasteiger partial charge in [-0.05, 0) is 50.3 Å². The van der Waals surface area contributed by atoms with Gasteiger partial charge in [-0.3, -0.25) is 4.90 Å². The van der Waals surface area contributed by atoms with Crippen LogP contribution < -0.4 is 0 Å². The molecule has 140 valence electrons. The molecule has 0 radical (unpaired) electrons. The van der Waals surface area contributed by atoms with E-state index in [0.29, 0.717) is 19.6 Å². The molecule has 2 heterocycles. The van der Waals surface area contributed by atoms with Crippen molar-refractivity contribution in [3.8, 4) is 5.69 Å². The number of nitrogens with zero attached hydrogens (tertiary/aromatic N) is 6. The molecule has 1 fully saturated rings. The number of carbonyl (C=O) groups excluding carboxylic acids is 1. The number of rotatable bonds is 3. The summed E-state index contributed by atoms with van der Waals surface area (Å²) >= 11 is 0. The summed E-state index contributed by atoms with van der Waals surface area (Å²) in [4.78, 5) is 16.2. The Bertz CT molecular complexity index is 742. The lowest BCUT2D eigenvalue weighted by atomic mass is 10.2. The van der Waals surface area contributed by atoms with Crippen LogP contribution in [0.2, 0.25) is 0 Å². The van der Waals surface area contributed by atoms with Gasteiger partial charge in [0.05, 0.1) is 12.2 Å². The van der Waals surface area contributed by atoms with Crippen LogP contribution in [0.5, 0.6) is 0 Å². The third-order valence-corrected chi connectivity index (χ3v) is 4.20. The van der Waals surface area contributed by atoms with E-state index in [9.17, 15) is 4.79 Å². The zero-order chi connectivity index (χ0) is 18.7. The van der Waals surface area contributed by atoms with Crippen molar-refractivity contribution < 1.29 is 9.53 Å². The average molecular weight is 358 g/mol. The summed E-state index contributed by atoms with van der Waals surface area (Å²) in [7, 11) is 0. The van der Waals surface area contributed by atoms with Gasteiger partial charge in [-0.2, -0.15) is 4.68 Å². The predicted octanol–water partition coefficient (Wildman–Crippen LogP) is 2.02. The van der Waals surface area contributed by atoms with Gasteiger partial charge >= 0.3 is 6.09 Å². The first kappa shape index (κ1) is 18.3. The van der Waals surface area contributed by atoms with Crippen LogP contribution in [0.1, 0.15) is 32.2 Å². The zero-order valence-electron chi connectivity index (χ0n) is 15.8. The van der Waals surface area contributed by atoms with Gasteiger partial charge in [0.2, 0.25) is 0 Å². The summed E-state index contributed by atoms with van der Waals surface area (Å²) in [6.07, 6.45) is -0.248. The van der Waals surface area contributed by atoms with Crippen molar-refractivity contribution in [3.63, 3.8) is 0 Å². The summed E-state index contributed by atoms with van der Waals surface area (Å²) in [6, 6.07) is 8.10. The topological polar surface area (TPSA) is 76.4 Å². The number of amides is 1. The zero-order valence-corrected chi connectivity index (χ0v) is 15.8. The smallest absolute Gasteiger partial charge is 0.410 e. The van der Waals surface area contributed by atoms with Gasteiger partial charge in [-0.15, -0.1) is 5.10 Å². The van der Waals surface area contributed by atoms with E-state index >= 15 is 0 Å². The molecule has 1 aliphatic rings. The molecule has 0 bridgehead atoms. The van der Waals surface area contributed by atoms with Crippen molar-refractivity contribution in [2.45, 2.75) is 39.8 Å².